The summed E-state index contributed by atoms with van der Waals surface area (Å²) < 4.78 is 0. The molecule has 0 aliphatic carbocycles. The molecule has 5 heteroatoms. The molecule has 1 aliphatic heterocycles. The molecular formula is C21H33N3O2. The van der Waals surface area contributed by atoms with E-state index in [4.69, 9.17) is 0 Å². The number of carbonyl (C=O) groups excluding carboxylic acids is 2. The Labute approximate surface area is 157 Å². The third kappa shape index (κ3) is 4.64. The average molecular weight is 360 g/mol. The molecule has 144 valence electrons. The molecule has 1 unspecified atom stereocenters. The van der Waals surface area contributed by atoms with Crippen LogP contribution in [0.3, 0.4) is 0 Å². The van der Waals surface area contributed by atoms with E-state index in [1.54, 1.807) is 4.90 Å². The number of hydrogen-bond donors (Lipinski definition) is 1. The highest BCUT2D eigenvalue weighted by molar-refractivity contribution is 6.00. The van der Waals surface area contributed by atoms with Crippen molar-refractivity contribution in [3.63, 3.8) is 0 Å². The Balaban J connectivity index is 1.93. The Morgan fingerprint density at radius 2 is 1.88 bits per heavy atom. The van der Waals surface area contributed by atoms with E-state index in [9.17, 15) is 9.59 Å². The van der Waals surface area contributed by atoms with Crippen molar-refractivity contribution in [2.45, 2.75) is 60.0 Å². The van der Waals surface area contributed by atoms with Crippen molar-refractivity contribution in [3.05, 3.63) is 29.3 Å². The van der Waals surface area contributed by atoms with Crippen LogP contribution in [-0.2, 0) is 9.59 Å². The highest BCUT2D eigenvalue weighted by Crippen LogP contribution is 2.29. The molecule has 1 aromatic carbocycles. The minimum absolute atomic E-state index is 0.0152. The fourth-order valence-electron chi connectivity index (χ4n) is 3.71. The number of hydrogen-bond acceptors (Lipinski definition) is 3. The van der Waals surface area contributed by atoms with E-state index in [1.807, 2.05) is 32.0 Å². The summed E-state index contributed by atoms with van der Waals surface area (Å²) in [6.07, 6.45) is 0.289. The number of anilines is 1. The third-order valence-corrected chi connectivity index (χ3v) is 5.36. The summed E-state index contributed by atoms with van der Waals surface area (Å²) in [5, 5.41) is 3.02. The summed E-state index contributed by atoms with van der Waals surface area (Å²) in [6.45, 7) is 14.6. The van der Waals surface area contributed by atoms with E-state index in [2.05, 4.69) is 37.9 Å². The number of carbonyl (C=O) groups is 2. The monoisotopic (exact) mass is 359 g/mol. The first-order chi connectivity index (χ1) is 12.2. The lowest BCUT2D eigenvalue weighted by molar-refractivity contribution is -0.126. The predicted octanol–water partition coefficient (Wildman–Crippen LogP) is 2.89. The summed E-state index contributed by atoms with van der Waals surface area (Å²) in [5.74, 6) is -0.252. The fraction of sp³-hybridized carbons (Fsp3) is 0.619. The molecule has 0 spiro atoms. The van der Waals surface area contributed by atoms with E-state index in [0.717, 1.165) is 23.4 Å². The molecule has 1 N–H and O–H groups in total. The van der Waals surface area contributed by atoms with E-state index in [1.165, 1.54) is 0 Å². The van der Waals surface area contributed by atoms with Crippen molar-refractivity contribution in [2.24, 2.45) is 5.92 Å². The van der Waals surface area contributed by atoms with E-state index in [0.29, 0.717) is 25.2 Å². The van der Waals surface area contributed by atoms with Crippen LogP contribution < -0.4 is 10.2 Å². The van der Waals surface area contributed by atoms with Gasteiger partial charge in [0.15, 0.2) is 0 Å². The summed E-state index contributed by atoms with van der Waals surface area (Å²) in [7, 11) is 0. The largest absolute Gasteiger partial charge is 0.355 e. The van der Waals surface area contributed by atoms with Gasteiger partial charge in [-0.25, -0.2) is 0 Å². The summed E-state index contributed by atoms with van der Waals surface area (Å²) in [6, 6.07) is 6.85. The van der Waals surface area contributed by atoms with Crippen LogP contribution >= 0.6 is 0 Å². The van der Waals surface area contributed by atoms with Crippen molar-refractivity contribution < 1.29 is 9.59 Å². The van der Waals surface area contributed by atoms with Gasteiger partial charge in [-0.05, 0) is 58.7 Å². The average Bonchev–Trinajstić information content (AvgIpc) is 2.95. The Bertz CT molecular complexity index is 647. The van der Waals surface area contributed by atoms with Gasteiger partial charge in [-0.3, -0.25) is 14.5 Å². The number of nitrogens with zero attached hydrogens (tertiary/aromatic N) is 2. The van der Waals surface area contributed by atoms with Crippen molar-refractivity contribution in [1.29, 1.82) is 0 Å². The van der Waals surface area contributed by atoms with Gasteiger partial charge in [0.2, 0.25) is 11.8 Å². The lowest BCUT2D eigenvalue weighted by Gasteiger charge is -2.30. The lowest BCUT2D eigenvalue weighted by Crippen LogP contribution is -2.43. The Morgan fingerprint density at radius 3 is 2.50 bits per heavy atom. The van der Waals surface area contributed by atoms with Gasteiger partial charge in [0.05, 0.1) is 5.92 Å². The molecule has 26 heavy (non-hydrogen) atoms. The maximum Gasteiger partial charge on any atom is 0.227 e. The van der Waals surface area contributed by atoms with Crippen LogP contribution in [-0.4, -0.2) is 48.4 Å². The molecule has 1 aliphatic rings. The van der Waals surface area contributed by atoms with Gasteiger partial charge in [-0.1, -0.05) is 12.1 Å². The van der Waals surface area contributed by atoms with Gasteiger partial charge in [-0.15, -0.1) is 0 Å². The third-order valence-electron chi connectivity index (χ3n) is 5.36. The van der Waals surface area contributed by atoms with Crippen LogP contribution in [0.4, 0.5) is 5.69 Å². The first kappa shape index (κ1) is 20.4. The molecule has 1 saturated heterocycles. The first-order valence-corrected chi connectivity index (χ1v) is 9.62. The molecule has 5 nitrogen and oxygen atoms in total. The molecule has 2 amide bonds. The molecule has 2 rings (SSSR count). The zero-order chi connectivity index (χ0) is 19.4. The molecule has 1 fully saturated rings. The normalized spacial score (nSPS) is 17.7. The number of nitrogens with one attached hydrogen (secondary N) is 1. The van der Waals surface area contributed by atoms with Gasteiger partial charge in [0, 0.05) is 43.8 Å². The Morgan fingerprint density at radius 1 is 1.23 bits per heavy atom. The fourth-order valence-corrected chi connectivity index (χ4v) is 3.71. The van der Waals surface area contributed by atoms with Gasteiger partial charge in [-0.2, -0.15) is 0 Å². The molecule has 0 aromatic heterocycles. The first-order valence-electron chi connectivity index (χ1n) is 9.62. The SMILES string of the molecule is Cc1cccc(N2CC(C(=O)NCCN(C(C)C)C(C)C)CC2=O)c1C. The van der Waals surface area contributed by atoms with Crippen molar-refractivity contribution in [2.75, 3.05) is 24.5 Å². The van der Waals surface area contributed by atoms with Crippen molar-refractivity contribution in [1.82, 2.24) is 10.2 Å². The second-order valence-electron chi connectivity index (χ2n) is 7.84. The number of benzene rings is 1. The smallest absolute Gasteiger partial charge is 0.227 e. The highest BCUT2D eigenvalue weighted by Gasteiger charge is 2.35. The topological polar surface area (TPSA) is 52.7 Å². The summed E-state index contributed by atoms with van der Waals surface area (Å²) in [5.41, 5.74) is 3.19. The number of aryl methyl sites for hydroxylation is 1. The maximum absolute atomic E-state index is 12.5. The quantitative estimate of drug-likeness (QED) is 0.814. The summed E-state index contributed by atoms with van der Waals surface area (Å²) >= 11 is 0. The standard InChI is InChI=1S/C21H33N3O2/c1-14(2)23(15(3)4)11-10-22-21(26)18-12-20(25)24(13-18)19-9-7-8-16(5)17(19)6/h7-9,14-15,18H,10-13H2,1-6H3,(H,22,26). The second kappa shape index (κ2) is 8.67. The van der Waals surface area contributed by atoms with Crippen LogP contribution in [0, 0.1) is 19.8 Å². The van der Waals surface area contributed by atoms with Gasteiger partial charge in [0.25, 0.3) is 0 Å². The van der Waals surface area contributed by atoms with Crippen LogP contribution in [0.5, 0.6) is 0 Å². The zero-order valence-electron chi connectivity index (χ0n) is 17.0. The lowest BCUT2D eigenvalue weighted by atomic mass is 10.1. The minimum atomic E-state index is -0.269. The van der Waals surface area contributed by atoms with Gasteiger partial charge >= 0.3 is 0 Å². The molecule has 0 saturated carbocycles. The number of amides is 2. The minimum Gasteiger partial charge on any atom is -0.355 e. The molecule has 0 radical (unpaired) electrons. The zero-order valence-corrected chi connectivity index (χ0v) is 17.0. The number of rotatable bonds is 7. The molecule has 1 atom stereocenters. The predicted molar refractivity (Wildman–Crippen MR) is 106 cm³/mol. The molecular weight excluding hydrogens is 326 g/mol. The second-order valence-corrected chi connectivity index (χ2v) is 7.84. The summed E-state index contributed by atoms with van der Waals surface area (Å²) in [4.78, 5) is 29.1. The van der Waals surface area contributed by atoms with Gasteiger partial charge < -0.3 is 10.2 Å². The van der Waals surface area contributed by atoms with Crippen LogP contribution in [0.1, 0.15) is 45.2 Å². The van der Waals surface area contributed by atoms with Crippen LogP contribution in [0.25, 0.3) is 0 Å². The van der Waals surface area contributed by atoms with Crippen LogP contribution in [0.15, 0.2) is 18.2 Å². The Kier molecular flexibility index (Phi) is 6.81. The van der Waals surface area contributed by atoms with Crippen molar-refractivity contribution >= 4 is 17.5 Å². The highest BCUT2D eigenvalue weighted by atomic mass is 16.2. The van der Waals surface area contributed by atoms with Gasteiger partial charge in [0.1, 0.15) is 0 Å². The van der Waals surface area contributed by atoms with E-state index >= 15 is 0 Å². The molecule has 1 aromatic rings. The van der Waals surface area contributed by atoms with E-state index in [-0.39, 0.29) is 24.2 Å². The molecule has 1 heterocycles. The Hall–Kier alpha value is -1.88. The maximum atomic E-state index is 12.5. The van der Waals surface area contributed by atoms with Crippen LogP contribution in [0.2, 0.25) is 0 Å². The van der Waals surface area contributed by atoms with Crippen molar-refractivity contribution in [3.8, 4) is 0 Å². The molecule has 0 bridgehead atoms. The van der Waals surface area contributed by atoms with E-state index < -0.39 is 0 Å².